The van der Waals surface area contributed by atoms with E-state index in [2.05, 4.69) is 0 Å². The van der Waals surface area contributed by atoms with Gasteiger partial charge in [-0.25, -0.2) is 0 Å². The lowest BCUT2D eigenvalue weighted by Crippen LogP contribution is -2.05. The molecule has 0 radical (unpaired) electrons. The van der Waals surface area contributed by atoms with Crippen LogP contribution in [0.4, 0.5) is 0 Å². The molecule has 0 heterocycles. The van der Waals surface area contributed by atoms with Crippen molar-refractivity contribution in [3.05, 3.63) is 29.8 Å². The lowest BCUT2D eigenvalue weighted by atomic mass is 10.2. The number of rotatable bonds is 10. The third kappa shape index (κ3) is 6.92. The molecule has 0 unspecified atom stereocenters. The minimum atomic E-state index is -0.114. The van der Waals surface area contributed by atoms with Gasteiger partial charge in [0, 0.05) is 12.0 Å². The Bertz CT molecular complexity index is 397. The van der Waals surface area contributed by atoms with Crippen LogP contribution in [0.5, 0.6) is 5.75 Å². The Labute approximate surface area is 120 Å². The lowest BCUT2D eigenvalue weighted by molar-refractivity contribution is -0.143. The molecule has 1 rings (SSSR count). The zero-order chi connectivity index (χ0) is 14.6. The predicted molar refractivity (Wildman–Crippen MR) is 77.0 cm³/mol. The molecule has 1 aromatic carbocycles. The Morgan fingerprint density at radius 2 is 1.85 bits per heavy atom. The first-order valence-electron chi connectivity index (χ1n) is 7.10. The molecule has 0 aliphatic heterocycles. The number of ether oxygens (including phenoxy) is 2. The first kappa shape index (κ1) is 16.2. The second-order valence-electron chi connectivity index (χ2n) is 4.57. The molecule has 0 saturated heterocycles. The van der Waals surface area contributed by atoms with Gasteiger partial charge in [-0.15, -0.1) is 0 Å². The molecule has 4 heteroatoms. The number of hydrogen-bond donors (Lipinski definition) is 0. The maximum absolute atomic E-state index is 11.2. The van der Waals surface area contributed by atoms with Crippen LogP contribution < -0.4 is 4.74 Å². The second kappa shape index (κ2) is 10.0. The van der Waals surface area contributed by atoms with E-state index in [4.69, 9.17) is 9.47 Å². The highest BCUT2D eigenvalue weighted by Gasteiger charge is 2.01. The van der Waals surface area contributed by atoms with Gasteiger partial charge in [0.2, 0.25) is 0 Å². The van der Waals surface area contributed by atoms with E-state index in [-0.39, 0.29) is 5.97 Å². The summed E-state index contributed by atoms with van der Waals surface area (Å²) in [5.74, 6) is 0.648. The lowest BCUT2D eigenvalue weighted by Gasteiger charge is -2.06. The van der Waals surface area contributed by atoms with Gasteiger partial charge >= 0.3 is 5.97 Å². The van der Waals surface area contributed by atoms with Crippen molar-refractivity contribution in [1.29, 1.82) is 0 Å². The van der Waals surface area contributed by atoms with E-state index in [1.54, 1.807) is 24.3 Å². The van der Waals surface area contributed by atoms with Crippen molar-refractivity contribution in [2.75, 3.05) is 13.2 Å². The first-order chi connectivity index (χ1) is 9.76. The normalized spacial score (nSPS) is 10.1. The number of hydrogen-bond acceptors (Lipinski definition) is 4. The Morgan fingerprint density at radius 1 is 1.10 bits per heavy atom. The molecule has 0 aliphatic carbocycles. The number of aldehydes is 1. The van der Waals surface area contributed by atoms with Gasteiger partial charge in [-0.1, -0.05) is 6.92 Å². The smallest absolute Gasteiger partial charge is 0.305 e. The van der Waals surface area contributed by atoms with Crippen molar-refractivity contribution in [2.24, 2.45) is 0 Å². The number of esters is 1. The highest BCUT2D eigenvalue weighted by molar-refractivity contribution is 5.74. The van der Waals surface area contributed by atoms with Gasteiger partial charge in [-0.05, 0) is 49.9 Å². The molecule has 0 aliphatic rings. The SMILES string of the molecule is CCCOC(=O)CCCCCOc1ccc(C=O)cc1. The minimum absolute atomic E-state index is 0.114. The van der Waals surface area contributed by atoms with Gasteiger partial charge < -0.3 is 9.47 Å². The van der Waals surface area contributed by atoms with Crippen molar-refractivity contribution < 1.29 is 19.1 Å². The summed E-state index contributed by atoms with van der Waals surface area (Å²) in [6.07, 6.45) is 4.82. The topological polar surface area (TPSA) is 52.6 Å². The van der Waals surface area contributed by atoms with Crippen LogP contribution >= 0.6 is 0 Å². The van der Waals surface area contributed by atoms with Crippen LogP contribution in [-0.4, -0.2) is 25.5 Å². The van der Waals surface area contributed by atoms with Crippen LogP contribution in [0.15, 0.2) is 24.3 Å². The van der Waals surface area contributed by atoms with Crippen molar-refractivity contribution in [3.63, 3.8) is 0 Å². The molecule has 0 fully saturated rings. The second-order valence-corrected chi connectivity index (χ2v) is 4.57. The van der Waals surface area contributed by atoms with Gasteiger partial charge in [0.15, 0.2) is 0 Å². The predicted octanol–water partition coefficient (Wildman–Crippen LogP) is 3.39. The van der Waals surface area contributed by atoms with Crippen molar-refractivity contribution in [1.82, 2.24) is 0 Å². The van der Waals surface area contributed by atoms with Crippen LogP contribution in [0, 0.1) is 0 Å². The molecule has 0 atom stereocenters. The zero-order valence-electron chi connectivity index (χ0n) is 12.0. The summed E-state index contributed by atoms with van der Waals surface area (Å²) in [5, 5.41) is 0. The fourth-order valence-electron chi connectivity index (χ4n) is 1.67. The molecule has 0 spiro atoms. The molecule has 0 bridgehead atoms. The van der Waals surface area contributed by atoms with Gasteiger partial charge in [-0.3, -0.25) is 9.59 Å². The average molecular weight is 278 g/mol. The minimum Gasteiger partial charge on any atom is -0.494 e. The van der Waals surface area contributed by atoms with Crippen molar-refractivity contribution in [2.45, 2.75) is 39.0 Å². The molecule has 4 nitrogen and oxygen atoms in total. The molecule has 0 amide bonds. The number of carbonyl (C=O) groups is 2. The van der Waals surface area contributed by atoms with Gasteiger partial charge in [-0.2, -0.15) is 0 Å². The quantitative estimate of drug-likeness (QED) is 0.374. The largest absolute Gasteiger partial charge is 0.494 e. The number of unbranched alkanes of at least 4 members (excludes halogenated alkanes) is 2. The van der Waals surface area contributed by atoms with E-state index in [1.807, 2.05) is 6.92 Å². The Kier molecular flexibility index (Phi) is 8.11. The van der Waals surface area contributed by atoms with Crippen LogP contribution in [0.1, 0.15) is 49.4 Å². The molecule has 110 valence electrons. The van der Waals surface area contributed by atoms with E-state index in [0.29, 0.717) is 25.2 Å². The molecule has 0 N–H and O–H groups in total. The van der Waals surface area contributed by atoms with Crippen LogP contribution in [0.2, 0.25) is 0 Å². The molecular formula is C16H22O4. The van der Waals surface area contributed by atoms with E-state index in [9.17, 15) is 9.59 Å². The first-order valence-corrected chi connectivity index (χ1v) is 7.10. The summed E-state index contributed by atoms with van der Waals surface area (Å²) in [6, 6.07) is 7.02. The summed E-state index contributed by atoms with van der Waals surface area (Å²) in [5.41, 5.74) is 0.642. The molecular weight excluding hydrogens is 256 g/mol. The number of carbonyl (C=O) groups excluding carboxylic acids is 2. The molecule has 0 aromatic heterocycles. The van der Waals surface area contributed by atoms with Crippen LogP contribution in [-0.2, 0) is 9.53 Å². The maximum atomic E-state index is 11.2. The Hall–Kier alpha value is -1.84. The third-order valence-corrected chi connectivity index (χ3v) is 2.78. The van der Waals surface area contributed by atoms with Crippen LogP contribution in [0.3, 0.4) is 0 Å². The average Bonchev–Trinajstić information content (AvgIpc) is 2.49. The van der Waals surface area contributed by atoms with E-state index in [0.717, 1.165) is 37.7 Å². The van der Waals surface area contributed by atoms with Crippen LogP contribution in [0.25, 0.3) is 0 Å². The highest BCUT2D eigenvalue weighted by atomic mass is 16.5. The van der Waals surface area contributed by atoms with Gasteiger partial charge in [0.25, 0.3) is 0 Å². The maximum Gasteiger partial charge on any atom is 0.305 e. The van der Waals surface area contributed by atoms with Crippen molar-refractivity contribution >= 4 is 12.3 Å². The summed E-state index contributed by atoms with van der Waals surface area (Å²) >= 11 is 0. The molecule has 0 saturated carbocycles. The van der Waals surface area contributed by atoms with Gasteiger partial charge in [0.1, 0.15) is 12.0 Å². The fraction of sp³-hybridized carbons (Fsp3) is 0.500. The Morgan fingerprint density at radius 3 is 2.50 bits per heavy atom. The number of benzene rings is 1. The monoisotopic (exact) mass is 278 g/mol. The summed E-state index contributed by atoms with van der Waals surface area (Å²) < 4.78 is 10.5. The van der Waals surface area contributed by atoms with Crippen molar-refractivity contribution in [3.8, 4) is 5.75 Å². The highest BCUT2D eigenvalue weighted by Crippen LogP contribution is 2.12. The fourth-order valence-corrected chi connectivity index (χ4v) is 1.67. The van der Waals surface area contributed by atoms with E-state index < -0.39 is 0 Å². The zero-order valence-corrected chi connectivity index (χ0v) is 12.0. The summed E-state index contributed by atoms with van der Waals surface area (Å²) in [7, 11) is 0. The Balaban J connectivity index is 2.04. The van der Waals surface area contributed by atoms with E-state index >= 15 is 0 Å². The standard InChI is InChI=1S/C16H22O4/c1-2-11-20-16(18)6-4-3-5-12-19-15-9-7-14(13-17)8-10-15/h7-10,13H,2-6,11-12H2,1H3. The molecule has 1 aromatic rings. The van der Waals surface area contributed by atoms with E-state index in [1.165, 1.54) is 0 Å². The summed E-state index contributed by atoms with van der Waals surface area (Å²) in [4.78, 5) is 21.7. The third-order valence-electron chi connectivity index (χ3n) is 2.78. The summed E-state index contributed by atoms with van der Waals surface area (Å²) in [6.45, 7) is 3.11. The van der Waals surface area contributed by atoms with Gasteiger partial charge in [0.05, 0.1) is 13.2 Å². The molecule has 20 heavy (non-hydrogen) atoms.